The second kappa shape index (κ2) is 7.05. The molecule has 2 aliphatic carbocycles. The zero-order valence-corrected chi connectivity index (χ0v) is 12.7. The van der Waals surface area contributed by atoms with E-state index in [9.17, 15) is 5.11 Å². The van der Waals surface area contributed by atoms with Crippen LogP contribution in [0.5, 0.6) is 0 Å². The van der Waals surface area contributed by atoms with Crippen LogP contribution in [0.15, 0.2) is 0 Å². The Hall–Kier alpha value is -0.120. The predicted molar refractivity (Wildman–Crippen MR) is 78.2 cm³/mol. The van der Waals surface area contributed by atoms with E-state index in [0.717, 1.165) is 6.54 Å². The molecule has 0 spiro atoms. The van der Waals surface area contributed by atoms with Crippen LogP contribution < -0.4 is 5.32 Å². The van der Waals surface area contributed by atoms with E-state index in [1.807, 2.05) is 0 Å². The number of ether oxygens (including phenoxy) is 1. The fourth-order valence-corrected chi connectivity index (χ4v) is 3.08. The van der Waals surface area contributed by atoms with Crippen LogP contribution in [0.4, 0.5) is 0 Å². The van der Waals surface area contributed by atoms with Crippen molar-refractivity contribution in [3.63, 3.8) is 0 Å². The van der Waals surface area contributed by atoms with Gasteiger partial charge in [0.25, 0.3) is 0 Å². The van der Waals surface area contributed by atoms with Gasteiger partial charge in [-0.2, -0.15) is 0 Å². The lowest BCUT2D eigenvalue weighted by Crippen LogP contribution is -2.36. The summed E-state index contributed by atoms with van der Waals surface area (Å²) in [7, 11) is 0. The molecule has 3 heteroatoms. The van der Waals surface area contributed by atoms with Crippen molar-refractivity contribution in [2.24, 2.45) is 11.3 Å². The molecule has 19 heavy (non-hydrogen) atoms. The van der Waals surface area contributed by atoms with Gasteiger partial charge in [-0.15, -0.1) is 0 Å². The number of aliphatic hydroxyl groups is 1. The molecule has 0 saturated heterocycles. The second-order valence-corrected chi connectivity index (χ2v) is 6.92. The minimum atomic E-state index is -0.359. The lowest BCUT2D eigenvalue weighted by molar-refractivity contribution is -0.0500. The number of rotatable bonds is 8. The first-order valence-electron chi connectivity index (χ1n) is 8.13. The van der Waals surface area contributed by atoms with Gasteiger partial charge in [-0.25, -0.2) is 0 Å². The van der Waals surface area contributed by atoms with Gasteiger partial charge >= 0.3 is 0 Å². The summed E-state index contributed by atoms with van der Waals surface area (Å²) in [5, 5.41) is 13.3. The Morgan fingerprint density at radius 1 is 1.32 bits per heavy atom. The first kappa shape index (κ1) is 15.3. The van der Waals surface area contributed by atoms with E-state index in [2.05, 4.69) is 19.2 Å². The molecule has 2 N–H and O–H groups in total. The Kier molecular flexibility index (Phi) is 5.67. The molecule has 3 unspecified atom stereocenters. The van der Waals surface area contributed by atoms with Gasteiger partial charge in [-0.1, -0.05) is 33.1 Å². The van der Waals surface area contributed by atoms with E-state index in [4.69, 9.17) is 4.74 Å². The molecular formula is C16H31NO2. The molecule has 3 atom stereocenters. The standard InChI is InChI=1S/C16H31NO2/c1-3-13-6-4-5-7-15(13)19-11-14(18)10-17-12-16(2)8-9-16/h13-15,17-18H,3-12H2,1-2H3. The Morgan fingerprint density at radius 3 is 2.74 bits per heavy atom. The molecule has 3 nitrogen and oxygen atoms in total. The molecule has 0 radical (unpaired) electrons. The van der Waals surface area contributed by atoms with Crippen molar-refractivity contribution in [2.45, 2.75) is 71.0 Å². The molecule has 0 heterocycles. The molecular weight excluding hydrogens is 238 g/mol. The third-order valence-corrected chi connectivity index (χ3v) is 4.90. The molecule has 0 bridgehead atoms. The van der Waals surface area contributed by atoms with E-state index in [1.54, 1.807) is 0 Å². The maximum absolute atomic E-state index is 9.97. The highest BCUT2D eigenvalue weighted by atomic mass is 16.5. The first-order valence-corrected chi connectivity index (χ1v) is 8.13. The number of hydrogen-bond acceptors (Lipinski definition) is 3. The zero-order valence-electron chi connectivity index (χ0n) is 12.7. The first-order chi connectivity index (χ1) is 9.13. The van der Waals surface area contributed by atoms with Crippen LogP contribution in [0, 0.1) is 11.3 Å². The van der Waals surface area contributed by atoms with E-state index in [0.29, 0.717) is 30.6 Å². The van der Waals surface area contributed by atoms with Crippen LogP contribution in [0.25, 0.3) is 0 Å². The molecule has 0 aromatic heterocycles. The van der Waals surface area contributed by atoms with E-state index in [-0.39, 0.29) is 6.10 Å². The highest BCUT2D eigenvalue weighted by Gasteiger charge is 2.36. The molecule has 2 rings (SSSR count). The smallest absolute Gasteiger partial charge is 0.0897 e. The van der Waals surface area contributed by atoms with E-state index < -0.39 is 0 Å². The van der Waals surface area contributed by atoms with Crippen LogP contribution in [-0.2, 0) is 4.74 Å². The fraction of sp³-hybridized carbons (Fsp3) is 1.00. The van der Waals surface area contributed by atoms with Gasteiger partial charge in [0, 0.05) is 13.1 Å². The largest absolute Gasteiger partial charge is 0.389 e. The fourth-order valence-electron chi connectivity index (χ4n) is 3.08. The van der Waals surface area contributed by atoms with Crippen LogP contribution in [0.1, 0.15) is 58.8 Å². The normalized spacial score (nSPS) is 31.1. The lowest BCUT2D eigenvalue weighted by atomic mass is 9.85. The summed E-state index contributed by atoms with van der Waals surface area (Å²) in [5.74, 6) is 0.708. The van der Waals surface area contributed by atoms with Crippen molar-refractivity contribution in [1.82, 2.24) is 5.32 Å². The molecule has 0 aromatic rings. The molecule has 2 saturated carbocycles. The minimum Gasteiger partial charge on any atom is -0.389 e. The minimum absolute atomic E-state index is 0.359. The molecule has 2 fully saturated rings. The van der Waals surface area contributed by atoms with Gasteiger partial charge in [-0.3, -0.25) is 0 Å². The van der Waals surface area contributed by atoms with Gasteiger partial charge in [0.1, 0.15) is 0 Å². The monoisotopic (exact) mass is 269 g/mol. The van der Waals surface area contributed by atoms with Crippen LogP contribution in [-0.4, -0.2) is 37.0 Å². The Bertz CT molecular complexity index is 265. The number of nitrogens with one attached hydrogen (secondary N) is 1. The van der Waals surface area contributed by atoms with Gasteiger partial charge in [0.05, 0.1) is 18.8 Å². The Labute approximate surface area is 118 Å². The van der Waals surface area contributed by atoms with Gasteiger partial charge < -0.3 is 15.2 Å². The van der Waals surface area contributed by atoms with Gasteiger partial charge in [0.2, 0.25) is 0 Å². The highest BCUT2D eigenvalue weighted by Crippen LogP contribution is 2.43. The molecule has 2 aliphatic rings. The third-order valence-electron chi connectivity index (χ3n) is 4.90. The van der Waals surface area contributed by atoms with E-state index >= 15 is 0 Å². The Balaban J connectivity index is 1.57. The van der Waals surface area contributed by atoms with Crippen molar-refractivity contribution in [3.05, 3.63) is 0 Å². The summed E-state index contributed by atoms with van der Waals surface area (Å²) in [6.07, 6.45) is 8.99. The number of hydrogen-bond donors (Lipinski definition) is 2. The van der Waals surface area contributed by atoms with Crippen molar-refractivity contribution in [2.75, 3.05) is 19.7 Å². The average molecular weight is 269 g/mol. The van der Waals surface area contributed by atoms with Crippen LogP contribution in [0.2, 0.25) is 0 Å². The highest BCUT2D eigenvalue weighted by molar-refractivity contribution is 4.90. The quantitative estimate of drug-likeness (QED) is 0.712. The third kappa shape index (κ3) is 5.05. The summed E-state index contributed by atoms with van der Waals surface area (Å²) >= 11 is 0. The summed E-state index contributed by atoms with van der Waals surface area (Å²) in [6.45, 7) is 6.74. The van der Waals surface area contributed by atoms with Crippen LogP contribution >= 0.6 is 0 Å². The average Bonchev–Trinajstić information content (AvgIpc) is 3.14. The lowest BCUT2D eigenvalue weighted by Gasteiger charge is -2.31. The summed E-state index contributed by atoms with van der Waals surface area (Å²) in [6, 6.07) is 0. The predicted octanol–water partition coefficient (Wildman–Crippen LogP) is 2.72. The van der Waals surface area contributed by atoms with Crippen molar-refractivity contribution in [1.29, 1.82) is 0 Å². The zero-order chi connectivity index (χ0) is 13.7. The van der Waals surface area contributed by atoms with Crippen molar-refractivity contribution < 1.29 is 9.84 Å². The second-order valence-electron chi connectivity index (χ2n) is 6.92. The Morgan fingerprint density at radius 2 is 2.05 bits per heavy atom. The SMILES string of the molecule is CCC1CCCCC1OCC(O)CNCC1(C)CC1. The topological polar surface area (TPSA) is 41.5 Å². The van der Waals surface area contributed by atoms with Gasteiger partial charge in [0.15, 0.2) is 0 Å². The maximum Gasteiger partial charge on any atom is 0.0897 e. The molecule has 0 amide bonds. The maximum atomic E-state index is 9.97. The summed E-state index contributed by atoms with van der Waals surface area (Å²) < 4.78 is 5.96. The van der Waals surface area contributed by atoms with E-state index in [1.165, 1.54) is 44.9 Å². The van der Waals surface area contributed by atoms with Crippen LogP contribution in [0.3, 0.4) is 0 Å². The number of aliphatic hydroxyl groups excluding tert-OH is 1. The van der Waals surface area contributed by atoms with Crippen molar-refractivity contribution >= 4 is 0 Å². The summed E-state index contributed by atoms with van der Waals surface area (Å²) in [5.41, 5.74) is 0.511. The molecule has 0 aliphatic heterocycles. The van der Waals surface area contributed by atoms with Crippen molar-refractivity contribution in [3.8, 4) is 0 Å². The molecule has 0 aromatic carbocycles. The van der Waals surface area contributed by atoms with Gasteiger partial charge in [-0.05, 0) is 37.0 Å². The summed E-state index contributed by atoms with van der Waals surface area (Å²) in [4.78, 5) is 0. The molecule has 112 valence electrons.